The molecule has 0 radical (unpaired) electrons. The molecule has 96 valence electrons. The van der Waals surface area contributed by atoms with E-state index in [0.29, 0.717) is 16.1 Å². The van der Waals surface area contributed by atoms with Gasteiger partial charge < -0.3 is 10.1 Å². The molecule has 0 saturated carbocycles. The van der Waals surface area contributed by atoms with Crippen LogP contribution in [0.5, 0.6) is 5.75 Å². The average Bonchev–Trinajstić information content (AvgIpc) is 2.22. The van der Waals surface area contributed by atoms with Crippen molar-refractivity contribution in [2.24, 2.45) is 0 Å². The Hall–Kier alpha value is -0.440. The molecule has 1 aromatic carbocycles. The molecule has 2 nitrogen and oxygen atoms in total. The molecule has 0 aliphatic rings. The van der Waals surface area contributed by atoms with Gasteiger partial charge in [0.25, 0.3) is 0 Å². The molecular formula is C13H19Cl2NO. The van der Waals surface area contributed by atoms with Gasteiger partial charge in [-0.05, 0) is 24.6 Å². The van der Waals surface area contributed by atoms with Gasteiger partial charge in [-0.2, -0.15) is 0 Å². The number of benzene rings is 1. The summed E-state index contributed by atoms with van der Waals surface area (Å²) in [5.74, 6) is 0.722. The lowest BCUT2D eigenvalue weighted by atomic mass is 10.2. The molecule has 0 aliphatic carbocycles. The zero-order chi connectivity index (χ0) is 12.8. The first-order valence-electron chi connectivity index (χ1n) is 5.87. The lowest BCUT2D eigenvalue weighted by Crippen LogP contribution is -2.34. The number of hydrogen-bond acceptors (Lipinski definition) is 2. The summed E-state index contributed by atoms with van der Waals surface area (Å²) in [4.78, 5) is 0. The molecule has 17 heavy (non-hydrogen) atoms. The molecule has 0 heterocycles. The Morgan fingerprint density at radius 2 is 1.76 bits per heavy atom. The molecule has 4 heteroatoms. The molecule has 0 bridgehead atoms. The van der Waals surface area contributed by atoms with E-state index >= 15 is 0 Å². The third kappa shape index (κ3) is 5.62. The number of rotatable bonds is 6. The molecule has 0 fully saturated rings. The van der Waals surface area contributed by atoms with E-state index < -0.39 is 0 Å². The van der Waals surface area contributed by atoms with Crippen LogP contribution in [0.4, 0.5) is 0 Å². The summed E-state index contributed by atoms with van der Waals surface area (Å²) in [7, 11) is 0. The van der Waals surface area contributed by atoms with Gasteiger partial charge in [0, 0.05) is 22.6 Å². The first-order valence-corrected chi connectivity index (χ1v) is 6.63. The van der Waals surface area contributed by atoms with Crippen LogP contribution in [-0.4, -0.2) is 18.7 Å². The molecule has 1 N–H and O–H groups in total. The Kier molecular flexibility index (Phi) is 6.10. The largest absolute Gasteiger partial charge is 0.489 e. The van der Waals surface area contributed by atoms with Crippen LogP contribution < -0.4 is 10.1 Å². The number of halogens is 2. The summed E-state index contributed by atoms with van der Waals surface area (Å²) < 4.78 is 5.84. The highest BCUT2D eigenvalue weighted by Gasteiger charge is 2.09. The minimum atomic E-state index is 0.131. The van der Waals surface area contributed by atoms with Gasteiger partial charge in [-0.3, -0.25) is 0 Å². The van der Waals surface area contributed by atoms with Crippen LogP contribution in [0, 0.1) is 0 Å². The van der Waals surface area contributed by atoms with Gasteiger partial charge in [0.1, 0.15) is 11.9 Å². The second-order valence-electron chi connectivity index (χ2n) is 4.32. The Bertz CT molecular complexity index is 335. The minimum Gasteiger partial charge on any atom is -0.489 e. The van der Waals surface area contributed by atoms with Crippen molar-refractivity contribution >= 4 is 23.2 Å². The summed E-state index contributed by atoms with van der Waals surface area (Å²) >= 11 is 11.8. The van der Waals surface area contributed by atoms with Crippen LogP contribution in [0.25, 0.3) is 0 Å². The quantitative estimate of drug-likeness (QED) is 0.842. The Morgan fingerprint density at radius 1 is 1.18 bits per heavy atom. The monoisotopic (exact) mass is 275 g/mol. The molecule has 1 atom stereocenters. The predicted molar refractivity (Wildman–Crippen MR) is 74.3 cm³/mol. The first-order chi connectivity index (χ1) is 8.01. The van der Waals surface area contributed by atoms with Crippen molar-refractivity contribution in [2.45, 2.75) is 39.3 Å². The van der Waals surface area contributed by atoms with Gasteiger partial charge in [0.15, 0.2) is 0 Å². The molecule has 0 amide bonds. The van der Waals surface area contributed by atoms with E-state index in [2.05, 4.69) is 26.1 Å². The van der Waals surface area contributed by atoms with Gasteiger partial charge in [0.05, 0.1) is 0 Å². The maximum absolute atomic E-state index is 5.92. The van der Waals surface area contributed by atoms with E-state index in [1.54, 1.807) is 18.2 Å². The maximum atomic E-state index is 5.92. The van der Waals surface area contributed by atoms with Crippen LogP contribution in [0.15, 0.2) is 18.2 Å². The van der Waals surface area contributed by atoms with Gasteiger partial charge >= 0.3 is 0 Å². The summed E-state index contributed by atoms with van der Waals surface area (Å²) in [6.07, 6.45) is 1.07. The van der Waals surface area contributed by atoms with Crippen molar-refractivity contribution in [1.29, 1.82) is 0 Å². The van der Waals surface area contributed by atoms with Crippen molar-refractivity contribution in [3.8, 4) is 5.75 Å². The summed E-state index contributed by atoms with van der Waals surface area (Å²) in [6.45, 7) is 7.14. The highest BCUT2D eigenvalue weighted by molar-refractivity contribution is 6.34. The SMILES string of the molecule is CCC(CNC(C)C)Oc1cc(Cl)cc(Cl)c1. The van der Waals surface area contributed by atoms with E-state index in [-0.39, 0.29) is 6.10 Å². The van der Waals surface area contributed by atoms with Crippen molar-refractivity contribution in [3.05, 3.63) is 28.2 Å². The first kappa shape index (κ1) is 14.6. The molecule has 0 saturated heterocycles. The smallest absolute Gasteiger partial charge is 0.122 e. The third-order valence-corrected chi connectivity index (χ3v) is 2.78. The van der Waals surface area contributed by atoms with Crippen LogP contribution in [0.3, 0.4) is 0 Å². The molecule has 1 aromatic rings. The van der Waals surface area contributed by atoms with Crippen molar-refractivity contribution < 1.29 is 4.74 Å². The standard InChI is InChI=1S/C13H19Cl2NO/c1-4-12(8-16-9(2)3)17-13-6-10(14)5-11(15)7-13/h5-7,9,12,16H,4,8H2,1-3H3. The molecule has 1 unspecified atom stereocenters. The predicted octanol–water partition coefficient (Wildman–Crippen LogP) is 4.15. The van der Waals surface area contributed by atoms with Crippen molar-refractivity contribution in [3.63, 3.8) is 0 Å². The summed E-state index contributed by atoms with van der Waals surface area (Å²) in [5, 5.41) is 4.55. The van der Waals surface area contributed by atoms with Crippen LogP contribution in [0.1, 0.15) is 27.2 Å². The van der Waals surface area contributed by atoms with Crippen LogP contribution in [0.2, 0.25) is 10.0 Å². The van der Waals surface area contributed by atoms with Crippen LogP contribution >= 0.6 is 23.2 Å². The molecule has 0 aromatic heterocycles. The molecule has 0 aliphatic heterocycles. The summed E-state index contributed by atoms with van der Waals surface area (Å²) in [6, 6.07) is 5.72. The van der Waals surface area contributed by atoms with E-state index in [1.807, 2.05) is 0 Å². The van der Waals surface area contributed by atoms with Gasteiger partial charge in [0.2, 0.25) is 0 Å². The number of nitrogens with one attached hydrogen (secondary N) is 1. The minimum absolute atomic E-state index is 0.131. The Morgan fingerprint density at radius 3 is 2.24 bits per heavy atom. The van der Waals surface area contributed by atoms with E-state index in [9.17, 15) is 0 Å². The van der Waals surface area contributed by atoms with Gasteiger partial charge in [-0.15, -0.1) is 0 Å². The molecule has 0 spiro atoms. The zero-order valence-electron chi connectivity index (χ0n) is 10.5. The second-order valence-corrected chi connectivity index (χ2v) is 5.19. The molecular weight excluding hydrogens is 257 g/mol. The zero-order valence-corrected chi connectivity index (χ0v) is 12.0. The highest BCUT2D eigenvalue weighted by atomic mass is 35.5. The van der Waals surface area contributed by atoms with Gasteiger partial charge in [-0.1, -0.05) is 44.0 Å². The fraction of sp³-hybridized carbons (Fsp3) is 0.538. The van der Waals surface area contributed by atoms with Crippen molar-refractivity contribution in [1.82, 2.24) is 5.32 Å². The van der Waals surface area contributed by atoms with Crippen molar-refractivity contribution in [2.75, 3.05) is 6.54 Å². The molecule has 1 rings (SSSR count). The van der Waals surface area contributed by atoms with E-state index in [0.717, 1.165) is 18.7 Å². The summed E-state index contributed by atoms with van der Waals surface area (Å²) in [5.41, 5.74) is 0. The van der Waals surface area contributed by atoms with E-state index in [4.69, 9.17) is 27.9 Å². The van der Waals surface area contributed by atoms with Gasteiger partial charge in [-0.25, -0.2) is 0 Å². The normalized spacial score (nSPS) is 12.8. The number of ether oxygens (including phenoxy) is 1. The van der Waals surface area contributed by atoms with E-state index in [1.165, 1.54) is 0 Å². The fourth-order valence-corrected chi connectivity index (χ4v) is 1.93. The Balaban J connectivity index is 2.60. The second kappa shape index (κ2) is 7.10. The Labute approximate surface area is 113 Å². The maximum Gasteiger partial charge on any atom is 0.122 e. The lowest BCUT2D eigenvalue weighted by molar-refractivity contribution is 0.190. The highest BCUT2D eigenvalue weighted by Crippen LogP contribution is 2.25. The fourth-order valence-electron chi connectivity index (χ4n) is 1.43. The van der Waals surface area contributed by atoms with Crippen LogP contribution in [-0.2, 0) is 0 Å². The number of hydrogen-bond donors (Lipinski definition) is 1. The third-order valence-electron chi connectivity index (χ3n) is 2.35. The lowest BCUT2D eigenvalue weighted by Gasteiger charge is -2.20. The topological polar surface area (TPSA) is 21.3 Å². The average molecular weight is 276 g/mol.